The average Bonchev–Trinajstić information content (AvgIpc) is 2.51. The van der Waals surface area contributed by atoms with Crippen LogP contribution in [0.2, 0.25) is 5.02 Å². The first-order valence-corrected chi connectivity index (χ1v) is 7.74. The molecule has 1 N–H and O–H groups in total. The van der Waals surface area contributed by atoms with Crippen LogP contribution in [0.5, 0.6) is 0 Å². The quantitative estimate of drug-likeness (QED) is 0.833. The maximum absolute atomic E-state index is 13.7. The van der Waals surface area contributed by atoms with Gasteiger partial charge in [0.15, 0.2) is 6.10 Å². The van der Waals surface area contributed by atoms with Crippen LogP contribution in [0.1, 0.15) is 18.1 Å². The lowest BCUT2D eigenvalue weighted by atomic mass is 10.1. The molecular formula is C18H17ClFNO3. The summed E-state index contributed by atoms with van der Waals surface area (Å²) >= 11 is 5.87. The summed E-state index contributed by atoms with van der Waals surface area (Å²) in [5.74, 6) is -1.78. The second-order valence-corrected chi connectivity index (χ2v) is 5.78. The van der Waals surface area contributed by atoms with Gasteiger partial charge in [-0.2, -0.15) is 0 Å². The van der Waals surface area contributed by atoms with Crippen LogP contribution in [0.15, 0.2) is 42.5 Å². The third-order valence-corrected chi connectivity index (χ3v) is 3.70. The van der Waals surface area contributed by atoms with Gasteiger partial charge in [-0.25, -0.2) is 4.39 Å². The second kappa shape index (κ2) is 7.93. The van der Waals surface area contributed by atoms with Crippen LogP contribution in [0.25, 0.3) is 0 Å². The zero-order valence-electron chi connectivity index (χ0n) is 13.3. The SMILES string of the molecule is Cc1cccc(NC(=O)[C@@H](C)OC(=O)Cc2c(F)cccc2Cl)c1. The number of anilines is 1. The van der Waals surface area contributed by atoms with Crippen LogP contribution >= 0.6 is 11.6 Å². The van der Waals surface area contributed by atoms with E-state index in [1.54, 1.807) is 12.1 Å². The van der Waals surface area contributed by atoms with Gasteiger partial charge in [-0.15, -0.1) is 0 Å². The third-order valence-electron chi connectivity index (χ3n) is 3.35. The summed E-state index contributed by atoms with van der Waals surface area (Å²) in [6, 6.07) is 11.4. The topological polar surface area (TPSA) is 55.4 Å². The second-order valence-electron chi connectivity index (χ2n) is 5.37. The van der Waals surface area contributed by atoms with E-state index in [9.17, 15) is 14.0 Å². The minimum atomic E-state index is -1.01. The predicted octanol–water partition coefficient (Wildman–Crippen LogP) is 3.90. The molecule has 1 atom stereocenters. The number of rotatable bonds is 5. The molecule has 0 saturated carbocycles. The Labute approximate surface area is 144 Å². The van der Waals surface area contributed by atoms with Crippen molar-refractivity contribution in [2.45, 2.75) is 26.4 Å². The van der Waals surface area contributed by atoms with E-state index in [1.807, 2.05) is 19.1 Å². The molecule has 1 amide bonds. The first kappa shape index (κ1) is 17.9. The Morgan fingerprint density at radius 2 is 1.96 bits per heavy atom. The van der Waals surface area contributed by atoms with Gasteiger partial charge in [0.1, 0.15) is 5.82 Å². The maximum Gasteiger partial charge on any atom is 0.311 e. The van der Waals surface area contributed by atoms with Gasteiger partial charge in [-0.1, -0.05) is 29.8 Å². The maximum atomic E-state index is 13.7. The Bertz CT molecular complexity index is 743. The molecule has 0 bridgehead atoms. The fourth-order valence-electron chi connectivity index (χ4n) is 2.10. The highest BCUT2D eigenvalue weighted by atomic mass is 35.5. The van der Waals surface area contributed by atoms with Crippen molar-refractivity contribution in [1.82, 2.24) is 0 Å². The number of hydrogen-bond acceptors (Lipinski definition) is 3. The van der Waals surface area contributed by atoms with E-state index >= 15 is 0 Å². The largest absolute Gasteiger partial charge is 0.452 e. The molecule has 24 heavy (non-hydrogen) atoms. The Balaban J connectivity index is 1.94. The van der Waals surface area contributed by atoms with Gasteiger partial charge >= 0.3 is 5.97 Å². The third kappa shape index (κ3) is 4.80. The number of halogens is 2. The van der Waals surface area contributed by atoms with Crippen molar-refractivity contribution < 1.29 is 18.7 Å². The van der Waals surface area contributed by atoms with E-state index in [-0.39, 0.29) is 17.0 Å². The number of esters is 1. The zero-order chi connectivity index (χ0) is 17.7. The molecule has 0 spiro atoms. The van der Waals surface area contributed by atoms with Crippen LogP contribution in [0.4, 0.5) is 10.1 Å². The van der Waals surface area contributed by atoms with Crippen molar-refractivity contribution in [1.29, 1.82) is 0 Å². The van der Waals surface area contributed by atoms with Crippen LogP contribution < -0.4 is 5.32 Å². The van der Waals surface area contributed by atoms with E-state index in [1.165, 1.54) is 25.1 Å². The molecule has 0 fully saturated rings. The Morgan fingerprint density at radius 1 is 1.25 bits per heavy atom. The minimum absolute atomic E-state index is 0.0514. The van der Waals surface area contributed by atoms with E-state index in [2.05, 4.69) is 5.32 Å². The number of nitrogens with one attached hydrogen (secondary N) is 1. The first-order chi connectivity index (χ1) is 11.4. The first-order valence-electron chi connectivity index (χ1n) is 7.36. The molecule has 0 aliphatic carbocycles. The van der Waals surface area contributed by atoms with E-state index in [0.717, 1.165) is 5.56 Å². The van der Waals surface area contributed by atoms with Crippen LogP contribution in [0.3, 0.4) is 0 Å². The average molecular weight is 350 g/mol. The Kier molecular flexibility index (Phi) is 5.93. The standard InChI is InChI=1S/C18H17ClFNO3/c1-11-5-3-6-13(9-11)21-18(23)12(2)24-17(22)10-14-15(19)7-4-8-16(14)20/h3-9,12H,10H2,1-2H3,(H,21,23)/t12-/m1/s1. The summed E-state index contributed by atoms with van der Waals surface area (Å²) in [7, 11) is 0. The lowest BCUT2D eigenvalue weighted by molar-refractivity contribution is -0.152. The van der Waals surface area contributed by atoms with Gasteiger partial charge in [0.05, 0.1) is 6.42 Å². The molecule has 0 aromatic heterocycles. The van der Waals surface area contributed by atoms with Gasteiger partial charge < -0.3 is 10.1 Å². The van der Waals surface area contributed by atoms with Gasteiger partial charge in [0.2, 0.25) is 0 Å². The smallest absolute Gasteiger partial charge is 0.311 e. The van der Waals surface area contributed by atoms with Crippen molar-refractivity contribution in [2.24, 2.45) is 0 Å². The van der Waals surface area contributed by atoms with E-state index in [4.69, 9.17) is 16.3 Å². The van der Waals surface area contributed by atoms with Gasteiger partial charge in [-0.3, -0.25) is 9.59 Å². The van der Waals surface area contributed by atoms with E-state index in [0.29, 0.717) is 5.69 Å². The fraction of sp³-hybridized carbons (Fsp3) is 0.222. The number of ether oxygens (including phenoxy) is 1. The van der Waals surface area contributed by atoms with E-state index < -0.39 is 23.8 Å². The highest BCUT2D eigenvalue weighted by molar-refractivity contribution is 6.31. The Morgan fingerprint density at radius 3 is 2.62 bits per heavy atom. The minimum Gasteiger partial charge on any atom is -0.452 e. The van der Waals surface area contributed by atoms with Crippen molar-refractivity contribution in [3.63, 3.8) is 0 Å². The molecule has 6 heteroatoms. The number of hydrogen-bond donors (Lipinski definition) is 1. The van der Waals surface area contributed by atoms with Crippen LogP contribution in [-0.2, 0) is 20.7 Å². The molecule has 0 unspecified atom stereocenters. The number of aryl methyl sites for hydroxylation is 1. The predicted molar refractivity (Wildman–Crippen MR) is 90.5 cm³/mol. The summed E-state index contributed by atoms with van der Waals surface area (Å²) in [6.45, 7) is 3.35. The molecule has 2 aromatic rings. The highest BCUT2D eigenvalue weighted by Gasteiger charge is 2.20. The molecule has 0 aliphatic rings. The van der Waals surface area contributed by atoms with Crippen molar-refractivity contribution in [3.8, 4) is 0 Å². The fourth-order valence-corrected chi connectivity index (χ4v) is 2.33. The molecule has 2 aromatic carbocycles. The molecular weight excluding hydrogens is 333 g/mol. The highest BCUT2D eigenvalue weighted by Crippen LogP contribution is 2.20. The van der Waals surface area contributed by atoms with Crippen LogP contribution in [0, 0.1) is 12.7 Å². The number of carbonyl (C=O) groups excluding carboxylic acids is 2. The molecule has 126 valence electrons. The van der Waals surface area contributed by atoms with Crippen molar-refractivity contribution in [2.75, 3.05) is 5.32 Å². The molecule has 2 rings (SSSR count). The van der Waals surface area contributed by atoms with Crippen LogP contribution in [-0.4, -0.2) is 18.0 Å². The summed E-state index contributed by atoms with van der Waals surface area (Å²) in [5.41, 5.74) is 1.65. The van der Waals surface area contributed by atoms with Crippen molar-refractivity contribution >= 4 is 29.2 Å². The lowest BCUT2D eigenvalue weighted by Gasteiger charge is -2.14. The number of amides is 1. The monoisotopic (exact) mass is 349 g/mol. The van der Waals surface area contributed by atoms with Gasteiger partial charge in [0.25, 0.3) is 5.91 Å². The van der Waals surface area contributed by atoms with Gasteiger partial charge in [0, 0.05) is 16.3 Å². The summed E-state index contributed by atoms with van der Waals surface area (Å²) < 4.78 is 18.7. The van der Waals surface area contributed by atoms with Crippen molar-refractivity contribution in [3.05, 3.63) is 64.4 Å². The molecule has 0 radical (unpaired) electrons. The zero-order valence-corrected chi connectivity index (χ0v) is 14.1. The van der Waals surface area contributed by atoms with Gasteiger partial charge in [-0.05, 0) is 43.7 Å². The molecule has 4 nitrogen and oxygen atoms in total. The lowest BCUT2D eigenvalue weighted by Crippen LogP contribution is -2.30. The summed E-state index contributed by atoms with van der Waals surface area (Å²) in [4.78, 5) is 24.0. The molecule has 0 heterocycles. The number of benzene rings is 2. The summed E-state index contributed by atoms with van der Waals surface area (Å²) in [6.07, 6.45) is -1.35. The Hall–Kier alpha value is -2.40. The molecule has 0 saturated heterocycles. The molecule has 0 aliphatic heterocycles. The normalized spacial score (nSPS) is 11.7. The number of carbonyl (C=O) groups is 2. The summed E-state index contributed by atoms with van der Waals surface area (Å²) in [5, 5.41) is 2.80.